The van der Waals surface area contributed by atoms with Gasteiger partial charge in [-0.05, 0) is 37.9 Å². The average molecular weight is 239 g/mol. The van der Waals surface area contributed by atoms with Crippen LogP contribution in [0.5, 0.6) is 0 Å². The molecule has 0 unspecified atom stereocenters. The van der Waals surface area contributed by atoms with E-state index in [4.69, 9.17) is 11.6 Å². The molecule has 16 heavy (non-hydrogen) atoms. The largest absolute Gasteiger partial charge is 0.323 e. The highest BCUT2D eigenvalue weighted by Crippen LogP contribution is 2.25. The molecule has 1 atom stereocenters. The van der Waals surface area contributed by atoms with Gasteiger partial charge in [0, 0.05) is 0 Å². The number of anilines is 1. The molecule has 1 amide bonds. The number of para-hydroxylation sites is 1. The van der Waals surface area contributed by atoms with E-state index >= 15 is 0 Å². The Morgan fingerprint density at radius 2 is 2.38 bits per heavy atom. The molecule has 0 bridgehead atoms. The summed E-state index contributed by atoms with van der Waals surface area (Å²) < 4.78 is 0. The summed E-state index contributed by atoms with van der Waals surface area (Å²) in [6.45, 7) is 2.85. The van der Waals surface area contributed by atoms with Gasteiger partial charge in [0.15, 0.2) is 0 Å². The maximum atomic E-state index is 11.9. The van der Waals surface area contributed by atoms with Gasteiger partial charge in [-0.1, -0.05) is 23.7 Å². The molecule has 1 heterocycles. The monoisotopic (exact) mass is 238 g/mol. The fourth-order valence-corrected chi connectivity index (χ4v) is 2.18. The highest BCUT2D eigenvalue weighted by atomic mass is 35.5. The minimum atomic E-state index is -0.0735. The van der Waals surface area contributed by atoms with Gasteiger partial charge >= 0.3 is 0 Å². The fraction of sp³-hybridized carbons (Fsp3) is 0.417. The van der Waals surface area contributed by atoms with Gasteiger partial charge in [-0.3, -0.25) is 4.79 Å². The van der Waals surface area contributed by atoms with Crippen molar-refractivity contribution < 1.29 is 4.79 Å². The molecule has 1 aliphatic heterocycles. The molecule has 1 fully saturated rings. The van der Waals surface area contributed by atoms with Crippen LogP contribution in [-0.2, 0) is 4.79 Å². The van der Waals surface area contributed by atoms with Gasteiger partial charge in [-0.2, -0.15) is 0 Å². The average Bonchev–Trinajstić information content (AvgIpc) is 2.76. The Kier molecular flexibility index (Phi) is 3.46. The molecule has 4 heteroatoms. The zero-order valence-corrected chi connectivity index (χ0v) is 9.97. The second-order valence-corrected chi connectivity index (χ2v) is 4.48. The highest BCUT2D eigenvalue weighted by Gasteiger charge is 2.22. The Balaban J connectivity index is 2.11. The van der Waals surface area contributed by atoms with Crippen LogP contribution in [0.15, 0.2) is 18.2 Å². The van der Waals surface area contributed by atoms with Crippen molar-refractivity contribution in [2.75, 3.05) is 11.9 Å². The van der Waals surface area contributed by atoms with Crippen molar-refractivity contribution in [2.45, 2.75) is 25.8 Å². The number of benzene rings is 1. The summed E-state index contributed by atoms with van der Waals surface area (Å²) in [5.41, 5.74) is 1.71. The van der Waals surface area contributed by atoms with E-state index in [1.165, 1.54) is 0 Å². The van der Waals surface area contributed by atoms with Crippen molar-refractivity contribution in [2.24, 2.45) is 0 Å². The Morgan fingerprint density at radius 3 is 3.00 bits per heavy atom. The SMILES string of the molecule is Cc1cccc(Cl)c1NC(=O)[C@H]1CCCN1. The molecule has 3 nitrogen and oxygen atoms in total. The first-order valence-corrected chi connectivity index (χ1v) is 5.85. The van der Waals surface area contributed by atoms with E-state index in [2.05, 4.69) is 10.6 Å². The van der Waals surface area contributed by atoms with Crippen molar-refractivity contribution in [3.05, 3.63) is 28.8 Å². The van der Waals surface area contributed by atoms with E-state index in [1.54, 1.807) is 6.07 Å². The Hall–Kier alpha value is -1.06. The maximum Gasteiger partial charge on any atom is 0.241 e. The molecule has 0 radical (unpaired) electrons. The zero-order chi connectivity index (χ0) is 11.5. The molecular formula is C12H15ClN2O. The Morgan fingerprint density at radius 1 is 1.56 bits per heavy atom. The third-order valence-electron chi connectivity index (χ3n) is 2.85. The molecule has 0 aromatic heterocycles. The third-order valence-corrected chi connectivity index (χ3v) is 3.16. The molecule has 0 aliphatic carbocycles. The fourth-order valence-electron chi connectivity index (χ4n) is 1.91. The van der Waals surface area contributed by atoms with Gasteiger partial charge in [-0.15, -0.1) is 0 Å². The molecule has 86 valence electrons. The van der Waals surface area contributed by atoms with Gasteiger partial charge in [0.05, 0.1) is 16.8 Å². The lowest BCUT2D eigenvalue weighted by Crippen LogP contribution is -2.35. The van der Waals surface area contributed by atoms with E-state index in [9.17, 15) is 4.79 Å². The number of hydrogen-bond donors (Lipinski definition) is 2. The number of halogens is 1. The number of aryl methyl sites for hydroxylation is 1. The van der Waals surface area contributed by atoms with Crippen molar-refractivity contribution >= 4 is 23.2 Å². The first-order valence-electron chi connectivity index (χ1n) is 5.48. The molecule has 2 rings (SSSR count). The zero-order valence-electron chi connectivity index (χ0n) is 9.22. The van der Waals surface area contributed by atoms with E-state index in [1.807, 2.05) is 19.1 Å². The lowest BCUT2D eigenvalue weighted by Gasteiger charge is -2.14. The number of hydrogen-bond acceptors (Lipinski definition) is 2. The first kappa shape index (κ1) is 11.4. The van der Waals surface area contributed by atoms with Crippen LogP contribution in [0.3, 0.4) is 0 Å². The topological polar surface area (TPSA) is 41.1 Å². The summed E-state index contributed by atoms with van der Waals surface area (Å²) in [4.78, 5) is 11.9. The minimum absolute atomic E-state index is 0.00806. The summed E-state index contributed by atoms with van der Waals surface area (Å²) in [6, 6.07) is 5.52. The van der Waals surface area contributed by atoms with Crippen LogP contribution in [0.2, 0.25) is 5.02 Å². The van der Waals surface area contributed by atoms with Crippen LogP contribution in [0.4, 0.5) is 5.69 Å². The van der Waals surface area contributed by atoms with Crippen molar-refractivity contribution in [3.8, 4) is 0 Å². The summed E-state index contributed by atoms with van der Waals surface area (Å²) >= 11 is 6.05. The van der Waals surface area contributed by atoms with Crippen molar-refractivity contribution in [3.63, 3.8) is 0 Å². The molecule has 1 aromatic rings. The van der Waals surface area contributed by atoms with Crippen LogP contribution in [0.25, 0.3) is 0 Å². The van der Waals surface area contributed by atoms with Crippen molar-refractivity contribution in [1.29, 1.82) is 0 Å². The molecule has 0 saturated carbocycles. The number of amides is 1. The van der Waals surface area contributed by atoms with Crippen LogP contribution >= 0.6 is 11.6 Å². The van der Waals surface area contributed by atoms with Gasteiger partial charge in [-0.25, -0.2) is 0 Å². The summed E-state index contributed by atoms with van der Waals surface area (Å²) in [7, 11) is 0. The van der Waals surface area contributed by atoms with Crippen LogP contribution in [0.1, 0.15) is 18.4 Å². The minimum Gasteiger partial charge on any atom is -0.323 e. The molecule has 0 spiro atoms. The summed E-state index contributed by atoms with van der Waals surface area (Å²) in [6.07, 6.45) is 1.95. The molecule has 1 aromatic carbocycles. The standard InChI is InChI=1S/C12H15ClN2O/c1-8-4-2-5-9(13)11(8)15-12(16)10-6-3-7-14-10/h2,4-5,10,14H,3,6-7H2,1H3,(H,15,16)/t10-/m1/s1. The number of carbonyl (C=O) groups excluding carboxylic acids is 1. The summed E-state index contributed by atoms with van der Waals surface area (Å²) in [5.74, 6) is 0.00806. The van der Waals surface area contributed by atoms with Crippen LogP contribution < -0.4 is 10.6 Å². The third kappa shape index (κ3) is 2.36. The second-order valence-electron chi connectivity index (χ2n) is 4.07. The smallest absolute Gasteiger partial charge is 0.241 e. The van der Waals surface area contributed by atoms with Gasteiger partial charge < -0.3 is 10.6 Å². The Bertz CT molecular complexity index is 380. The number of carbonyl (C=O) groups is 1. The van der Waals surface area contributed by atoms with E-state index in [-0.39, 0.29) is 11.9 Å². The lowest BCUT2D eigenvalue weighted by molar-refractivity contribution is -0.117. The van der Waals surface area contributed by atoms with Crippen LogP contribution in [0, 0.1) is 6.92 Å². The second kappa shape index (κ2) is 4.85. The van der Waals surface area contributed by atoms with E-state index < -0.39 is 0 Å². The first-order chi connectivity index (χ1) is 7.68. The highest BCUT2D eigenvalue weighted by molar-refractivity contribution is 6.34. The number of rotatable bonds is 2. The van der Waals surface area contributed by atoms with Crippen molar-refractivity contribution in [1.82, 2.24) is 5.32 Å². The van der Waals surface area contributed by atoms with Gasteiger partial charge in [0.25, 0.3) is 0 Å². The lowest BCUT2D eigenvalue weighted by atomic mass is 10.1. The number of nitrogens with one attached hydrogen (secondary N) is 2. The summed E-state index contributed by atoms with van der Waals surface area (Å²) in [5, 5.41) is 6.64. The molecule has 2 N–H and O–H groups in total. The maximum absolute atomic E-state index is 11.9. The predicted molar refractivity (Wildman–Crippen MR) is 65.8 cm³/mol. The molecule has 1 saturated heterocycles. The van der Waals surface area contributed by atoms with E-state index in [0.717, 1.165) is 30.6 Å². The predicted octanol–water partition coefficient (Wildman–Crippen LogP) is 2.34. The Labute approximate surface area is 100 Å². The van der Waals surface area contributed by atoms with E-state index in [0.29, 0.717) is 5.02 Å². The molecule has 1 aliphatic rings. The van der Waals surface area contributed by atoms with Crippen LogP contribution in [-0.4, -0.2) is 18.5 Å². The van der Waals surface area contributed by atoms with Gasteiger partial charge in [0.2, 0.25) is 5.91 Å². The molecular weight excluding hydrogens is 224 g/mol. The quantitative estimate of drug-likeness (QED) is 0.831. The van der Waals surface area contributed by atoms with Gasteiger partial charge in [0.1, 0.15) is 0 Å². The normalized spacial score (nSPS) is 19.8.